The normalized spacial score (nSPS) is 13.3. The zero-order valence-electron chi connectivity index (χ0n) is 8.66. The molecule has 0 spiro atoms. The van der Waals surface area contributed by atoms with Gasteiger partial charge in [-0.25, -0.2) is 0 Å². The third-order valence-corrected chi connectivity index (χ3v) is 0.951. The van der Waals surface area contributed by atoms with Crippen molar-refractivity contribution in [1.82, 2.24) is 10.3 Å². The minimum absolute atomic E-state index is 0. The Morgan fingerprint density at radius 2 is 2.73 bits per heavy atom. The van der Waals surface area contributed by atoms with Crippen LogP contribution in [0.15, 0.2) is 18.3 Å². The zero-order valence-corrected chi connectivity index (χ0v) is 8.50. The monoisotopic (exact) mass is 227 g/mol. The van der Waals surface area contributed by atoms with Crippen LogP contribution in [0.1, 0.15) is 14.6 Å². The first-order valence-corrected chi connectivity index (χ1v) is 2.64. The van der Waals surface area contributed by atoms with Gasteiger partial charge in [-0.15, -0.1) is 6.07 Å². The van der Waals surface area contributed by atoms with Gasteiger partial charge in [0.05, 0.1) is 0 Å². The number of nitrogens with one attached hydrogen (secondary N) is 1. The first-order chi connectivity index (χ1) is 5.99. The van der Waals surface area contributed by atoms with E-state index in [9.17, 15) is 4.79 Å². The van der Waals surface area contributed by atoms with Gasteiger partial charge < -0.3 is 10.3 Å². The van der Waals surface area contributed by atoms with E-state index in [0.717, 1.165) is 0 Å². The maximum absolute atomic E-state index is 11.1. The standard InChI is InChI=1S/C7H7N2O.Y/c1-8-7(10)6-4-2-3-5-9-6;/h3-5H,1H3,(H,8,10);/q-1;/i1D3;. The molecule has 11 heavy (non-hydrogen) atoms. The van der Waals surface area contributed by atoms with E-state index in [1.807, 2.05) is 5.32 Å². The van der Waals surface area contributed by atoms with E-state index >= 15 is 0 Å². The number of rotatable bonds is 1. The van der Waals surface area contributed by atoms with Crippen molar-refractivity contribution < 1.29 is 41.6 Å². The molecule has 1 amide bonds. The fourth-order valence-electron chi connectivity index (χ4n) is 0.513. The number of amides is 1. The van der Waals surface area contributed by atoms with Crippen LogP contribution in [-0.4, -0.2) is 17.9 Å². The largest absolute Gasteiger partial charge is 0.378 e. The molecule has 55 valence electrons. The van der Waals surface area contributed by atoms with Crippen LogP contribution in [0.4, 0.5) is 0 Å². The molecular formula is C7H7N2OY-. The van der Waals surface area contributed by atoms with Gasteiger partial charge in [-0.2, -0.15) is 12.1 Å². The molecule has 1 heterocycles. The number of hydrogen-bond acceptors (Lipinski definition) is 2. The minimum atomic E-state index is -2.48. The Labute approximate surface area is 94.7 Å². The number of aromatic nitrogens is 1. The summed E-state index contributed by atoms with van der Waals surface area (Å²) in [4.78, 5) is 14.8. The van der Waals surface area contributed by atoms with Crippen LogP contribution in [0, 0.1) is 6.07 Å². The van der Waals surface area contributed by atoms with Crippen molar-refractivity contribution >= 4 is 5.91 Å². The van der Waals surface area contributed by atoms with Gasteiger partial charge in [0.2, 0.25) is 5.91 Å². The Morgan fingerprint density at radius 1 is 1.91 bits per heavy atom. The molecule has 1 rings (SSSR count). The molecule has 0 saturated heterocycles. The molecule has 1 radical (unpaired) electrons. The second-order valence-corrected chi connectivity index (χ2v) is 1.60. The number of carbonyl (C=O) groups excluding carboxylic acids is 1. The van der Waals surface area contributed by atoms with Crippen molar-refractivity contribution in [2.75, 3.05) is 6.98 Å². The van der Waals surface area contributed by atoms with Crippen LogP contribution >= 0.6 is 0 Å². The maximum Gasteiger partial charge on any atom is 0.212 e. The van der Waals surface area contributed by atoms with Crippen LogP contribution in [0.5, 0.6) is 0 Å². The summed E-state index contributed by atoms with van der Waals surface area (Å²) in [5, 5.41) is 1.81. The van der Waals surface area contributed by atoms with Crippen molar-refractivity contribution in [3.63, 3.8) is 0 Å². The fraction of sp³-hybridized carbons (Fsp3) is 0.143. The Bertz CT molecular complexity index is 302. The summed E-state index contributed by atoms with van der Waals surface area (Å²) in [7, 11) is 0. The molecule has 3 nitrogen and oxygen atoms in total. The molecule has 1 aromatic heterocycles. The van der Waals surface area contributed by atoms with Crippen LogP contribution < -0.4 is 5.32 Å². The van der Waals surface area contributed by atoms with E-state index in [0.29, 0.717) is 0 Å². The van der Waals surface area contributed by atoms with Gasteiger partial charge in [-0.3, -0.25) is 4.79 Å². The molecule has 1 aromatic rings. The molecule has 0 unspecified atom stereocenters. The molecule has 0 atom stereocenters. The second kappa shape index (κ2) is 5.38. The summed E-state index contributed by atoms with van der Waals surface area (Å²) >= 11 is 0. The number of carbonyl (C=O) groups is 1. The summed E-state index contributed by atoms with van der Waals surface area (Å²) in [6.07, 6.45) is 1.37. The van der Waals surface area contributed by atoms with Crippen molar-refractivity contribution in [1.29, 1.82) is 0 Å². The van der Waals surface area contributed by atoms with Crippen LogP contribution in [0.3, 0.4) is 0 Å². The number of pyridine rings is 1. The average molecular weight is 227 g/mol. The van der Waals surface area contributed by atoms with Crippen molar-refractivity contribution in [2.24, 2.45) is 0 Å². The minimum Gasteiger partial charge on any atom is -0.378 e. The summed E-state index contributed by atoms with van der Waals surface area (Å²) in [6, 6.07) is 5.46. The average Bonchev–Trinajstić information content (AvgIpc) is 2.03. The molecule has 1 N–H and O–H groups in total. The van der Waals surface area contributed by atoms with E-state index in [2.05, 4.69) is 11.1 Å². The molecule has 0 aliphatic heterocycles. The summed E-state index contributed by atoms with van der Waals surface area (Å²) < 4.78 is 20.3. The first-order valence-electron chi connectivity index (χ1n) is 4.14. The third kappa shape index (κ3) is 3.08. The second-order valence-electron chi connectivity index (χ2n) is 1.60. The van der Waals surface area contributed by atoms with E-state index in [4.69, 9.17) is 4.11 Å². The Kier molecular flexibility index (Phi) is 3.07. The predicted molar refractivity (Wildman–Crippen MR) is 36.5 cm³/mol. The Morgan fingerprint density at radius 3 is 3.27 bits per heavy atom. The first kappa shape index (κ1) is 6.26. The van der Waals surface area contributed by atoms with Crippen molar-refractivity contribution in [2.45, 2.75) is 0 Å². The summed E-state index contributed by atoms with van der Waals surface area (Å²) in [5.74, 6) is -0.725. The van der Waals surface area contributed by atoms with E-state index < -0.39 is 12.9 Å². The molecule has 0 fully saturated rings. The van der Waals surface area contributed by atoms with Gasteiger partial charge in [0.1, 0.15) is 0 Å². The molecule has 0 aliphatic carbocycles. The van der Waals surface area contributed by atoms with Gasteiger partial charge in [0.15, 0.2) is 0 Å². The maximum atomic E-state index is 11.1. The smallest absolute Gasteiger partial charge is 0.212 e. The van der Waals surface area contributed by atoms with E-state index in [1.165, 1.54) is 18.3 Å². The van der Waals surface area contributed by atoms with Gasteiger partial charge in [0.25, 0.3) is 0 Å². The van der Waals surface area contributed by atoms with E-state index in [1.54, 1.807) is 0 Å². The quantitative estimate of drug-likeness (QED) is 0.698. The summed E-state index contributed by atoms with van der Waals surface area (Å²) in [6.45, 7) is -2.48. The topological polar surface area (TPSA) is 42.0 Å². The molecule has 0 aromatic carbocycles. The number of nitrogens with zero attached hydrogens (tertiary/aromatic N) is 1. The Balaban J connectivity index is 0.00000169. The molecule has 0 aliphatic rings. The van der Waals surface area contributed by atoms with E-state index in [-0.39, 0.29) is 38.4 Å². The fourth-order valence-corrected chi connectivity index (χ4v) is 0.513. The van der Waals surface area contributed by atoms with Gasteiger partial charge in [-0.05, 0) is 0 Å². The predicted octanol–water partition coefficient (Wildman–Crippen LogP) is 0.239. The number of hydrogen-bond donors (Lipinski definition) is 1. The molecular weight excluding hydrogens is 217 g/mol. The zero-order chi connectivity index (χ0) is 9.90. The van der Waals surface area contributed by atoms with Gasteiger partial charge >= 0.3 is 0 Å². The van der Waals surface area contributed by atoms with Crippen molar-refractivity contribution in [3.05, 3.63) is 30.1 Å². The van der Waals surface area contributed by atoms with Crippen LogP contribution in [0.2, 0.25) is 0 Å². The third-order valence-electron chi connectivity index (χ3n) is 0.951. The SMILES string of the molecule is [2H]C([2H])([2H])NC(=O)c1c[c-]ccn1.[Y]. The molecule has 0 saturated carbocycles. The van der Waals surface area contributed by atoms with Gasteiger partial charge in [0, 0.05) is 49.5 Å². The molecule has 4 heteroatoms. The van der Waals surface area contributed by atoms with Crippen LogP contribution in [0.25, 0.3) is 0 Å². The van der Waals surface area contributed by atoms with Crippen LogP contribution in [-0.2, 0) is 32.7 Å². The summed E-state index contributed by atoms with van der Waals surface area (Å²) in [5.41, 5.74) is 0.0404. The van der Waals surface area contributed by atoms with Crippen molar-refractivity contribution in [3.8, 4) is 0 Å². The van der Waals surface area contributed by atoms with Gasteiger partial charge in [-0.1, -0.05) is 6.20 Å². The Hall–Kier alpha value is -0.276. The molecule has 0 bridgehead atoms.